The molecule has 27 heavy (non-hydrogen) atoms. The number of nitrogens with zero attached hydrogens (tertiary/aromatic N) is 2. The van der Waals surface area contributed by atoms with Gasteiger partial charge in [0.2, 0.25) is 0 Å². The van der Waals surface area contributed by atoms with Gasteiger partial charge in [-0.25, -0.2) is 4.79 Å². The van der Waals surface area contributed by atoms with E-state index in [1.54, 1.807) is 6.08 Å². The molecule has 0 amide bonds. The molecule has 5 nitrogen and oxygen atoms in total. The highest BCUT2D eigenvalue weighted by Crippen LogP contribution is 2.20. The van der Waals surface area contributed by atoms with Crippen LogP contribution in [0.4, 0.5) is 0 Å². The molecule has 5 heteroatoms. The first-order chi connectivity index (χ1) is 12.9. The molecule has 2 aromatic rings. The molecule has 0 fully saturated rings. The van der Waals surface area contributed by atoms with E-state index in [0.717, 1.165) is 23.5 Å². The zero-order chi connectivity index (χ0) is 19.8. The number of carbonyl (C=O) groups excluding carboxylic acids is 1. The molecular formula is C22H26N2O3. The third-order valence-electron chi connectivity index (χ3n) is 4.13. The fourth-order valence-electron chi connectivity index (χ4n) is 2.80. The Kier molecular flexibility index (Phi) is 7.25. The van der Waals surface area contributed by atoms with E-state index in [9.17, 15) is 10.1 Å². The van der Waals surface area contributed by atoms with Gasteiger partial charge in [-0.2, -0.15) is 5.26 Å². The zero-order valence-electron chi connectivity index (χ0n) is 16.4. The Morgan fingerprint density at radius 3 is 2.56 bits per heavy atom. The van der Waals surface area contributed by atoms with Crippen molar-refractivity contribution in [1.29, 1.82) is 5.26 Å². The second-order valence-electron chi connectivity index (χ2n) is 6.80. The van der Waals surface area contributed by atoms with Crippen molar-refractivity contribution in [2.75, 3.05) is 13.2 Å². The average molecular weight is 366 g/mol. The van der Waals surface area contributed by atoms with Gasteiger partial charge in [-0.1, -0.05) is 32.0 Å². The number of aryl methyl sites for hydroxylation is 1. The molecule has 0 radical (unpaired) electrons. The van der Waals surface area contributed by atoms with Gasteiger partial charge in [0.15, 0.2) is 0 Å². The standard InChI is InChI=1S/C22H26N2O3/c1-16(2)15-24-17(3)12-19(18(24)4)13-20(14-23)22(25)27-11-10-26-21-8-6-5-7-9-21/h5-9,12-13,16H,10-11,15H2,1-4H3/b20-13+. The highest BCUT2D eigenvalue weighted by atomic mass is 16.6. The molecule has 0 aliphatic heterocycles. The summed E-state index contributed by atoms with van der Waals surface area (Å²) in [6.45, 7) is 9.55. The van der Waals surface area contributed by atoms with Crippen LogP contribution in [0.15, 0.2) is 42.0 Å². The average Bonchev–Trinajstić information content (AvgIpc) is 2.91. The normalized spacial score (nSPS) is 11.3. The lowest BCUT2D eigenvalue weighted by atomic mass is 10.1. The Hall–Kier alpha value is -3.00. The van der Waals surface area contributed by atoms with Crippen LogP contribution in [0.2, 0.25) is 0 Å². The van der Waals surface area contributed by atoms with E-state index >= 15 is 0 Å². The molecule has 0 saturated heterocycles. The summed E-state index contributed by atoms with van der Waals surface area (Å²) in [7, 11) is 0. The lowest BCUT2D eigenvalue weighted by molar-refractivity contribution is -0.139. The zero-order valence-corrected chi connectivity index (χ0v) is 16.4. The number of nitriles is 1. The second kappa shape index (κ2) is 9.63. The van der Waals surface area contributed by atoms with Gasteiger partial charge in [-0.15, -0.1) is 0 Å². The molecule has 2 rings (SSSR count). The fraction of sp³-hybridized carbons (Fsp3) is 0.364. The van der Waals surface area contributed by atoms with Crippen molar-refractivity contribution in [2.24, 2.45) is 5.92 Å². The van der Waals surface area contributed by atoms with Crippen LogP contribution in [-0.4, -0.2) is 23.8 Å². The van der Waals surface area contributed by atoms with Crippen molar-refractivity contribution in [2.45, 2.75) is 34.2 Å². The van der Waals surface area contributed by atoms with E-state index in [4.69, 9.17) is 9.47 Å². The van der Waals surface area contributed by atoms with Crippen molar-refractivity contribution >= 4 is 12.0 Å². The van der Waals surface area contributed by atoms with Gasteiger partial charge in [-0.05, 0) is 49.6 Å². The van der Waals surface area contributed by atoms with E-state index in [1.165, 1.54) is 0 Å². The third-order valence-corrected chi connectivity index (χ3v) is 4.13. The number of benzene rings is 1. The first kappa shape index (κ1) is 20.3. The summed E-state index contributed by atoms with van der Waals surface area (Å²) in [5, 5.41) is 9.35. The van der Waals surface area contributed by atoms with E-state index in [0.29, 0.717) is 11.7 Å². The monoisotopic (exact) mass is 366 g/mol. The van der Waals surface area contributed by atoms with Crippen molar-refractivity contribution in [3.05, 3.63) is 58.9 Å². The van der Waals surface area contributed by atoms with Crippen molar-refractivity contribution in [3.8, 4) is 11.8 Å². The fourth-order valence-corrected chi connectivity index (χ4v) is 2.80. The molecule has 1 aromatic carbocycles. The number of esters is 1. The maximum atomic E-state index is 12.2. The van der Waals surface area contributed by atoms with Gasteiger partial charge in [-0.3, -0.25) is 0 Å². The summed E-state index contributed by atoms with van der Waals surface area (Å²) in [6, 6.07) is 13.2. The molecule has 1 aromatic heterocycles. The molecule has 142 valence electrons. The summed E-state index contributed by atoms with van der Waals surface area (Å²) in [6.07, 6.45) is 1.60. The van der Waals surface area contributed by atoms with Crippen LogP contribution in [0.5, 0.6) is 5.75 Å². The molecule has 0 bridgehead atoms. The molecule has 0 N–H and O–H groups in total. The minimum absolute atomic E-state index is 0.0143. The highest BCUT2D eigenvalue weighted by molar-refractivity contribution is 5.98. The van der Waals surface area contributed by atoms with Gasteiger partial charge < -0.3 is 14.0 Å². The molecular weight excluding hydrogens is 340 g/mol. The Morgan fingerprint density at radius 2 is 1.93 bits per heavy atom. The maximum absolute atomic E-state index is 12.2. The van der Waals surface area contributed by atoms with E-state index in [2.05, 4.69) is 18.4 Å². The summed E-state index contributed by atoms with van der Waals surface area (Å²) < 4.78 is 12.8. The highest BCUT2D eigenvalue weighted by Gasteiger charge is 2.14. The van der Waals surface area contributed by atoms with Crippen molar-refractivity contribution in [3.63, 3.8) is 0 Å². The first-order valence-corrected chi connectivity index (χ1v) is 9.06. The number of rotatable bonds is 8. The summed E-state index contributed by atoms with van der Waals surface area (Å²) in [4.78, 5) is 12.2. The Labute approximate surface area is 160 Å². The summed E-state index contributed by atoms with van der Waals surface area (Å²) in [5.74, 6) is 0.585. The maximum Gasteiger partial charge on any atom is 0.349 e. The number of aromatic nitrogens is 1. The minimum atomic E-state index is -0.636. The Bertz CT molecular complexity index is 842. The molecule has 0 aliphatic rings. The summed E-state index contributed by atoms with van der Waals surface area (Å²) in [5.41, 5.74) is 2.99. The van der Waals surface area contributed by atoms with Crippen LogP contribution in [-0.2, 0) is 16.1 Å². The molecule has 0 atom stereocenters. The molecule has 1 heterocycles. The van der Waals surface area contributed by atoms with E-state index < -0.39 is 5.97 Å². The largest absolute Gasteiger partial charge is 0.490 e. The smallest absolute Gasteiger partial charge is 0.349 e. The van der Waals surface area contributed by atoms with Crippen LogP contribution < -0.4 is 4.74 Å². The number of ether oxygens (including phenoxy) is 2. The molecule has 0 aliphatic carbocycles. The van der Waals surface area contributed by atoms with Crippen LogP contribution in [0.1, 0.15) is 30.8 Å². The molecule has 0 spiro atoms. The van der Waals surface area contributed by atoms with Gasteiger partial charge in [0.25, 0.3) is 0 Å². The second-order valence-corrected chi connectivity index (χ2v) is 6.80. The van der Waals surface area contributed by atoms with Crippen LogP contribution >= 0.6 is 0 Å². The van der Waals surface area contributed by atoms with Gasteiger partial charge in [0.05, 0.1) is 0 Å². The number of carbonyl (C=O) groups is 1. The molecule has 0 saturated carbocycles. The number of hydrogen-bond donors (Lipinski definition) is 0. The third kappa shape index (κ3) is 5.75. The molecule has 0 unspecified atom stereocenters. The Morgan fingerprint density at radius 1 is 1.22 bits per heavy atom. The SMILES string of the molecule is Cc1cc(/C=C(\C#N)C(=O)OCCOc2ccccc2)c(C)n1CC(C)C. The van der Waals surface area contributed by atoms with Crippen LogP contribution in [0, 0.1) is 31.1 Å². The first-order valence-electron chi connectivity index (χ1n) is 9.06. The number of hydrogen-bond acceptors (Lipinski definition) is 4. The van der Waals surface area contributed by atoms with E-state index in [-0.39, 0.29) is 18.8 Å². The number of para-hydroxylation sites is 1. The lowest BCUT2D eigenvalue weighted by Gasteiger charge is -2.12. The van der Waals surface area contributed by atoms with Gasteiger partial charge >= 0.3 is 5.97 Å². The predicted molar refractivity (Wildman–Crippen MR) is 105 cm³/mol. The van der Waals surface area contributed by atoms with Gasteiger partial charge in [0.1, 0.15) is 30.6 Å². The van der Waals surface area contributed by atoms with Crippen LogP contribution in [0.3, 0.4) is 0 Å². The minimum Gasteiger partial charge on any atom is -0.490 e. The van der Waals surface area contributed by atoms with Crippen LogP contribution in [0.25, 0.3) is 6.08 Å². The van der Waals surface area contributed by atoms with Crippen molar-refractivity contribution < 1.29 is 14.3 Å². The lowest BCUT2D eigenvalue weighted by Crippen LogP contribution is -2.13. The van der Waals surface area contributed by atoms with Crippen molar-refractivity contribution in [1.82, 2.24) is 4.57 Å². The Balaban J connectivity index is 1.99. The van der Waals surface area contributed by atoms with E-state index in [1.807, 2.05) is 56.3 Å². The quantitative estimate of drug-likeness (QED) is 0.303. The topological polar surface area (TPSA) is 64.2 Å². The summed E-state index contributed by atoms with van der Waals surface area (Å²) >= 11 is 0. The predicted octanol–water partition coefficient (Wildman–Crippen LogP) is 4.29. The van der Waals surface area contributed by atoms with Gasteiger partial charge in [0, 0.05) is 17.9 Å².